The maximum absolute atomic E-state index is 14.1. The van der Waals surface area contributed by atoms with E-state index in [0.29, 0.717) is 49.5 Å². The Hall–Kier alpha value is -5.08. The van der Waals surface area contributed by atoms with Crippen molar-refractivity contribution in [2.75, 3.05) is 20.0 Å². The Morgan fingerprint density at radius 2 is 1.37 bits per heavy atom. The summed E-state index contributed by atoms with van der Waals surface area (Å²) in [4.78, 5) is 55.7. The second kappa shape index (κ2) is 12.7. The molecule has 0 saturated carbocycles. The van der Waals surface area contributed by atoms with E-state index in [1.165, 1.54) is 26.4 Å². The average molecular weight is 651 g/mol. The van der Waals surface area contributed by atoms with Crippen molar-refractivity contribution in [1.29, 1.82) is 0 Å². The molecule has 0 atom stereocenters. The number of hydrogen-bond acceptors (Lipinski definition) is 11. The van der Waals surface area contributed by atoms with Gasteiger partial charge in [0.1, 0.15) is 17.2 Å². The lowest BCUT2D eigenvalue weighted by atomic mass is 10.0. The standard InChI is InChI=1S/C32H30N2O11S/c1-18-14-20(31(37)45-34-27(35)10-11-28(34)36)15-19(2)30(18)44-32(38)29-23-16-21(42-3)6-8-25(23)33(12-5-13-46(39,40)41)26-9-7-22(43-4)17-24(26)29/h6-9,14-17H,5,10-13H2,1-4H3. The van der Waals surface area contributed by atoms with E-state index in [2.05, 4.69) is 0 Å². The van der Waals surface area contributed by atoms with Gasteiger partial charge in [-0.2, -0.15) is 4.57 Å². The molecule has 0 unspecified atom stereocenters. The Kier molecular flexibility index (Phi) is 8.94. The third-order valence-corrected chi connectivity index (χ3v) is 8.37. The molecule has 2 heterocycles. The largest absolute Gasteiger partial charge is 0.748 e. The van der Waals surface area contributed by atoms with Crippen LogP contribution in [0.5, 0.6) is 17.2 Å². The van der Waals surface area contributed by atoms with Gasteiger partial charge in [-0.25, -0.2) is 18.0 Å². The molecule has 1 aliphatic rings. The summed E-state index contributed by atoms with van der Waals surface area (Å²) in [6, 6.07) is 13.0. The zero-order chi connectivity index (χ0) is 33.3. The van der Waals surface area contributed by atoms with Crippen LogP contribution in [-0.4, -0.2) is 61.8 Å². The minimum atomic E-state index is -4.44. The van der Waals surface area contributed by atoms with Crippen molar-refractivity contribution in [1.82, 2.24) is 5.06 Å². The highest BCUT2D eigenvalue weighted by molar-refractivity contribution is 7.85. The fraction of sp³-hybridized carbons (Fsp3) is 0.281. The Bertz CT molecular complexity index is 1940. The number of nitrogens with zero attached hydrogens (tertiary/aromatic N) is 2. The fourth-order valence-electron chi connectivity index (χ4n) is 5.46. The normalized spacial score (nSPS) is 13.4. The number of amides is 2. The summed E-state index contributed by atoms with van der Waals surface area (Å²) in [5.41, 5.74) is 2.16. The Morgan fingerprint density at radius 1 is 0.848 bits per heavy atom. The molecule has 1 saturated heterocycles. The maximum atomic E-state index is 14.1. The van der Waals surface area contributed by atoms with Crippen LogP contribution in [0.1, 0.15) is 51.1 Å². The van der Waals surface area contributed by atoms with Crippen molar-refractivity contribution in [2.24, 2.45) is 0 Å². The van der Waals surface area contributed by atoms with Gasteiger partial charge in [-0.3, -0.25) is 9.59 Å². The van der Waals surface area contributed by atoms with Crippen molar-refractivity contribution in [3.8, 4) is 17.2 Å². The summed E-state index contributed by atoms with van der Waals surface area (Å²) in [7, 11) is -1.49. The summed E-state index contributed by atoms with van der Waals surface area (Å²) in [5, 5.41) is 1.33. The molecule has 0 spiro atoms. The van der Waals surface area contributed by atoms with Crippen molar-refractivity contribution >= 4 is 55.7 Å². The molecule has 4 aromatic rings. The van der Waals surface area contributed by atoms with E-state index in [4.69, 9.17) is 19.0 Å². The molecule has 240 valence electrons. The molecular weight excluding hydrogens is 620 g/mol. The lowest BCUT2D eigenvalue weighted by Gasteiger charge is -2.16. The molecule has 0 N–H and O–H groups in total. The number of aromatic nitrogens is 1. The van der Waals surface area contributed by atoms with E-state index < -0.39 is 39.6 Å². The topological polar surface area (TPSA) is 170 Å². The van der Waals surface area contributed by atoms with E-state index in [9.17, 15) is 32.1 Å². The first-order valence-electron chi connectivity index (χ1n) is 14.2. The third kappa shape index (κ3) is 6.48. The molecule has 1 fully saturated rings. The highest BCUT2D eigenvalue weighted by atomic mass is 32.2. The van der Waals surface area contributed by atoms with Crippen molar-refractivity contribution in [3.63, 3.8) is 0 Å². The number of carbonyl (C=O) groups is 4. The molecule has 2 amide bonds. The number of benzene rings is 3. The van der Waals surface area contributed by atoms with Crippen LogP contribution in [0.2, 0.25) is 0 Å². The molecule has 1 aromatic heterocycles. The quantitative estimate of drug-likeness (QED) is 0.0616. The summed E-state index contributed by atoms with van der Waals surface area (Å²) in [6.07, 6.45) is -0.0424. The van der Waals surface area contributed by atoms with Crippen LogP contribution in [0.4, 0.5) is 0 Å². The lowest BCUT2D eigenvalue weighted by Crippen LogP contribution is -2.37. The number of hydroxylamine groups is 2. The van der Waals surface area contributed by atoms with Crippen LogP contribution >= 0.6 is 0 Å². The average Bonchev–Trinajstić information content (AvgIpc) is 3.33. The summed E-state index contributed by atoms with van der Waals surface area (Å²) in [5.74, 6) is -2.35. The number of methoxy groups -OCH3 is 2. The molecule has 3 aromatic carbocycles. The van der Waals surface area contributed by atoms with Crippen molar-refractivity contribution in [3.05, 3.63) is 70.8 Å². The number of esters is 1. The Morgan fingerprint density at radius 3 is 1.85 bits per heavy atom. The Balaban J connectivity index is 1.58. The first kappa shape index (κ1) is 32.3. The predicted molar refractivity (Wildman–Crippen MR) is 161 cm³/mol. The summed E-state index contributed by atoms with van der Waals surface area (Å²) < 4.78 is 52.7. The molecule has 5 rings (SSSR count). The lowest BCUT2D eigenvalue weighted by molar-refractivity contribution is -0.645. The minimum Gasteiger partial charge on any atom is -0.748 e. The smallest absolute Gasteiger partial charge is 0.363 e. The minimum absolute atomic E-state index is 0.0375. The van der Waals surface area contributed by atoms with Crippen molar-refractivity contribution < 1.29 is 55.8 Å². The van der Waals surface area contributed by atoms with Crippen LogP contribution in [-0.2, 0) is 31.1 Å². The van der Waals surface area contributed by atoms with Crippen LogP contribution in [0.25, 0.3) is 21.8 Å². The fourth-order valence-corrected chi connectivity index (χ4v) is 5.94. The molecular formula is C32H30N2O11S. The first-order valence-corrected chi connectivity index (χ1v) is 15.8. The molecule has 0 bridgehead atoms. The van der Waals surface area contributed by atoms with Gasteiger partial charge in [0.05, 0.1) is 46.2 Å². The molecule has 0 aliphatic carbocycles. The van der Waals surface area contributed by atoms with Gasteiger partial charge in [-0.05, 0) is 61.4 Å². The molecule has 46 heavy (non-hydrogen) atoms. The van der Waals surface area contributed by atoms with E-state index in [-0.39, 0.29) is 42.7 Å². The summed E-state index contributed by atoms with van der Waals surface area (Å²) >= 11 is 0. The predicted octanol–water partition coefficient (Wildman–Crippen LogP) is 3.29. The molecule has 1 aliphatic heterocycles. The van der Waals surface area contributed by atoms with Gasteiger partial charge >= 0.3 is 11.9 Å². The van der Waals surface area contributed by atoms with Crippen LogP contribution < -0.4 is 18.8 Å². The van der Waals surface area contributed by atoms with Gasteiger partial charge in [0.25, 0.3) is 11.8 Å². The van der Waals surface area contributed by atoms with E-state index in [0.717, 1.165) is 0 Å². The Labute approximate surface area is 263 Å². The number of aryl methyl sites for hydroxylation is 3. The van der Waals surface area contributed by atoms with Crippen LogP contribution in [0, 0.1) is 13.8 Å². The van der Waals surface area contributed by atoms with Crippen LogP contribution in [0.15, 0.2) is 48.5 Å². The number of ether oxygens (including phenoxy) is 3. The summed E-state index contributed by atoms with van der Waals surface area (Å²) in [6.45, 7) is 3.42. The zero-order valence-corrected chi connectivity index (χ0v) is 26.3. The number of hydrogen-bond donors (Lipinski definition) is 0. The number of fused-ring (bicyclic) bond motifs is 2. The number of pyridine rings is 1. The molecule has 14 heteroatoms. The number of rotatable bonds is 10. The second-order valence-electron chi connectivity index (χ2n) is 10.7. The van der Waals surface area contributed by atoms with E-state index >= 15 is 0 Å². The van der Waals surface area contributed by atoms with Gasteiger partial charge < -0.3 is 23.6 Å². The SMILES string of the molecule is COc1ccc2c(c1)c(C(=O)Oc1c(C)cc(C(=O)ON3C(=O)CCC3=O)cc1C)c1cc(OC)ccc1[n+]2CCCS(=O)(=O)[O-]. The van der Waals surface area contributed by atoms with Gasteiger partial charge in [0.15, 0.2) is 6.54 Å². The highest BCUT2D eigenvalue weighted by Gasteiger charge is 2.33. The van der Waals surface area contributed by atoms with Gasteiger partial charge in [0, 0.05) is 37.1 Å². The highest BCUT2D eigenvalue weighted by Crippen LogP contribution is 2.33. The number of carbonyl (C=O) groups excluding carboxylic acids is 4. The van der Waals surface area contributed by atoms with E-state index in [1.54, 1.807) is 50.2 Å². The molecule has 13 nitrogen and oxygen atoms in total. The zero-order valence-electron chi connectivity index (χ0n) is 25.4. The van der Waals surface area contributed by atoms with E-state index in [1.807, 2.05) is 4.57 Å². The van der Waals surface area contributed by atoms with Crippen LogP contribution in [0.3, 0.4) is 0 Å². The maximum Gasteiger partial charge on any atom is 0.363 e. The monoisotopic (exact) mass is 650 g/mol. The van der Waals surface area contributed by atoms with Gasteiger partial charge in [0.2, 0.25) is 11.0 Å². The first-order chi connectivity index (χ1) is 21.8. The third-order valence-electron chi connectivity index (χ3n) is 7.58. The van der Waals surface area contributed by atoms with Gasteiger partial charge in [-0.1, -0.05) is 0 Å². The van der Waals surface area contributed by atoms with Gasteiger partial charge in [-0.15, -0.1) is 5.06 Å². The van der Waals surface area contributed by atoms with Crippen molar-refractivity contribution in [2.45, 2.75) is 39.7 Å². The second-order valence-corrected chi connectivity index (χ2v) is 12.2. The molecule has 0 radical (unpaired) electrons. The number of imide groups is 1.